The topological polar surface area (TPSA) is 166 Å². The Labute approximate surface area is 218 Å². The first-order valence-electron chi connectivity index (χ1n) is 11.9. The van der Waals surface area contributed by atoms with Crippen molar-refractivity contribution in [3.8, 4) is 0 Å². The smallest absolute Gasteiger partial charge is 0.478 e. The normalized spacial score (nSPS) is 15.0. The fourth-order valence-electron chi connectivity index (χ4n) is 2.84. The van der Waals surface area contributed by atoms with Crippen molar-refractivity contribution in [3.63, 3.8) is 0 Å². The van der Waals surface area contributed by atoms with Crippen LogP contribution >= 0.6 is 0 Å². The number of aliphatic hydroxyl groups excluding tert-OH is 2. The number of hydrogen-bond acceptors (Lipinski definition) is 8. The van der Waals surface area contributed by atoms with Crippen molar-refractivity contribution < 1.29 is 44.3 Å². The first-order chi connectivity index (χ1) is 17.3. The predicted octanol–water partition coefficient (Wildman–Crippen LogP) is 0.161. The Morgan fingerprint density at radius 3 is 1.70 bits per heavy atom. The molecule has 0 bridgehead atoms. The van der Waals surface area contributed by atoms with Gasteiger partial charge in [0, 0.05) is 18.7 Å². The zero-order valence-corrected chi connectivity index (χ0v) is 22.0. The minimum Gasteiger partial charge on any atom is -0.478 e. The number of carboxylic acids is 1. The quantitative estimate of drug-likeness (QED) is 0.281. The van der Waals surface area contributed by atoms with Crippen LogP contribution in [0.25, 0.3) is 0 Å². The van der Waals surface area contributed by atoms with E-state index >= 15 is 0 Å². The zero-order chi connectivity index (χ0) is 28.2. The van der Waals surface area contributed by atoms with E-state index in [2.05, 4.69) is 5.32 Å². The second kappa shape index (κ2) is 14.9. The standard InChI is InChI=1S/C13H17BO4.C9H12BNO4.C3H8O/c1-12(2)13(3,4)18-14(17-12)10-7-5-9(6-8-10)11(15)16;12-6-5-11-9(13)7-1-3-8(4-2-7)10(14)15;1-2-3-4/h5-8H,1-4H3,(H,15,16);1-4,12,14-15H,5-6H2,(H,11,13);4H,2-3H2,1H3. The molecule has 0 unspecified atom stereocenters. The molecule has 0 spiro atoms. The minimum atomic E-state index is -1.53. The second-order valence-electron chi connectivity index (χ2n) is 9.21. The molecule has 1 heterocycles. The Hall–Kier alpha value is -2.73. The minimum absolute atomic E-state index is 0.112. The highest BCUT2D eigenvalue weighted by Crippen LogP contribution is 2.36. The number of rotatable bonds is 7. The van der Waals surface area contributed by atoms with Gasteiger partial charge in [-0.3, -0.25) is 4.79 Å². The SMILES string of the molecule is CC1(C)OB(c2ccc(C(=O)O)cc2)OC1(C)C.CCCO.O=C(NCCO)c1ccc(B(O)O)cc1. The maximum absolute atomic E-state index is 11.3. The van der Waals surface area contributed by atoms with Gasteiger partial charge in [0.05, 0.1) is 23.4 Å². The van der Waals surface area contributed by atoms with Gasteiger partial charge in [-0.15, -0.1) is 0 Å². The molecule has 0 radical (unpaired) electrons. The molecule has 1 amide bonds. The Morgan fingerprint density at radius 2 is 1.32 bits per heavy atom. The van der Waals surface area contributed by atoms with Gasteiger partial charge in [-0.05, 0) is 69.3 Å². The van der Waals surface area contributed by atoms with E-state index in [1.807, 2.05) is 34.6 Å². The lowest BCUT2D eigenvalue weighted by Crippen LogP contribution is -2.41. The number of benzene rings is 2. The third-order valence-electron chi connectivity index (χ3n) is 5.78. The third-order valence-corrected chi connectivity index (χ3v) is 5.78. The number of carbonyl (C=O) groups excluding carboxylic acids is 1. The van der Waals surface area contributed by atoms with Crippen molar-refractivity contribution in [2.24, 2.45) is 0 Å². The van der Waals surface area contributed by atoms with Crippen molar-refractivity contribution in [1.82, 2.24) is 5.32 Å². The largest absolute Gasteiger partial charge is 0.494 e. The van der Waals surface area contributed by atoms with Gasteiger partial charge in [-0.2, -0.15) is 0 Å². The van der Waals surface area contributed by atoms with Gasteiger partial charge in [0.15, 0.2) is 0 Å². The maximum Gasteiger partial charge on any atom is 0.494 e. The molecule has 0 aromatic heterocycles. The van der Waals surface area contributed by atoms with Crippen molar-refractivity contribution >= 4 is 37.0 Å². The van der Waals surface area contributed by atoms with E-state index in [1.165, 1.54) is 24.3 Å². The number of carboxylic acid groups (broad SMARTS) is 1. The Bertz CT molecular complexity index is 963. The summed E-state index contributed by atoms with van der Waals surface area (Å²) in [5.74, 6) is -1.24. The highest BCUT2D eigenvalue weighted by atomic mass is 16.7. The summed E-state index contributed by atoms with van der Waals surface area (Å²) in [6.07, 6.45) is 0.875. The lowest BCUT2D eigenvalue weighted by atomic mass is 9.79. The molecule has 1 saturated heterocycles. The molecule has 6 N–H and O–H groups in total. The Balaban J connectivity index is 0.000000328. The summed E-state index contributed by atoms with van der Waals surface area (Å²) in [4.78, 5) is 22.1. The van der Waals surface area contributed by atoms with E-state index in [1.54, 1.807) is 24.3 Å². The molecule has 12 heteroatoms. The lowest BCUT2D eigenvalue weighted by Gasteiger charge is -2.32. The third kappa shape index (κ3) is 9.92. The van der Waals surface area contributed by atoms with Gasteiger partial charge in [-0.25, -0.2) is 4.79 Å². The summed E-state index contributed by atoms with van der Waals surface area (Å²) in [6.45, 7) is 10.3. The van der Waals surface area contributed by atoms with Gasteiger partial charge in [-0.1, -0.05) is 31.2 Å². The number of hydrogen-bond donors (Lipinski definition) is 6. The molecule has 37 heavy (non-hydrogen) atoms. The molecule has 10 nitrogen and oxygen atoms in total. The highest BCUT2D eigenvalue weighted by Gasteiger charge is 2.51. The van der Waals surface area contributed by atoms with Gasteiger partial charge in [0.25, 0.3) is 5.91 Å². The fraction of sp³-hybridized carbons (Fsp3) is 0.440. The zero-order valence-electron chi connectivity index (χ0n) is 22.0. The lowest BCUT2D eigenvalue weighted by molar-refractivity contribution is 0.00578. The van der Waals surface area contributed by atoms with Gasteiger partial charge in [0.1, 0.15) is 0 Å². The molecule has 0 aliphatic carbocycles. The monoisotopic (exact) mass is 517 g/mol. The van der Waals surface area contributed by atoms with Crippen LogP contribution in [0.15, 0.2) is 48.5 Å². The molecule has 202 valence electrons. The average molecular weight is 517 g/mol. The first kappa shape index (κ1) is 32.3. The summed E-state index contributed by atoms with van der Waals surface area (Å²) in [5.41, 5.74) is 1.06. The summed E-state index contributed by atoms with van der Waals surface area (Å²) in [5, 5.41) is 45.3. The van der Waals surface area contributed by atoms with Gasteiger partial charge < -0.3 is 40.0 Å². The average Bonchev–Trinajstić information content (AvgIpc) is 3.09. The Morgan fingerprint density at radius 1 is 0.865 bits per heavy atom. The molecule has 0 atom stereocenters. The number of aliphatic hydroxyl groups is 2. The molecular weight excluding hydrogens is 480 g/mol. The summed E-state index contributed by atoms with van der Waals surface area (Å²) in [6, 6.07) is 12.5. The van der Waals surface area contributed by atoms with Crippen LogP contribution in [0.3, 0.4) is 0 Å². The molecule has 1 aliphatic rings. The highest BCUT2D eigenvalue weighted by molar-refractivity contribution is 6.62. The Kier molecular flexibility index (Phi) is 13.0. The molecule has 2 aromatic carbocycles. The van der Waals surface area contributed by atoms with Crippen LogP contribution < -0.4 is 16.2 Å². The van der Waals surface area contributed by atoms with Crippen LogP contribution in [0.5, 0.6) is 0 Å². The fourth-order valence-corrected chi connectivity index (χ4v) is 2.84. The van der Waals surface area contributed by atoms with Crippen LogP contribution in [0.2, 0.25) is 0 Å². The predicted molar refractivity (Wildman–Crippen MR) is 142 cm³/mol. The van der Waals surface area contributed by atoms with E-state index in [4.69, 9.17) is 34.7 Å². The second-order valence-corrected chi connectivity index (χ2v) is 9.21. The van der Waals surface area contributed by atoms with Crippen LogP contribution in [0.1, 0.15) is 61.8 Å². The molecule has 1 fully saturated rings. The van der Waals surface area contributed by atoms with Crippen LogP contribution in [0.4, 0.5) is 0 Å². The van der Waals surface area contributed by atoms with Crippen molar-refractivity contribution in [2.45, 2.75) is 52.2 Å². The number of aromatic carboxylic acids is 1. The molecule has 1 aliphatic heterocycles. The van der Waals surface area contributed by atoms with E-state index in [0.717, 1.165) is 11.9 Å². The molecule has 3 rings (SSSR count). The van der Waals surface area contributed by atoms with E-state index < -0.39 is 20.2 Å². The van der Waals surface area contributed by atoms with Crippen LogP contribution in [-0.4, -0.2) is 82.4 Å². The van der Waals surface area contributed by atoms with E-state index in [-0.39, 0.29) is 35.8 Å². The molecular formula is C25H37B2NO9. The van der Waals surface area contributed by atoms with Gasteiger partial charge in [0.2, 0.25) is 0 Å². The summed E-state index contributed by atoms with van der Waals surface area (Å²) in [7, 11) is -1.97. The molecule has 2 aromatic rings. The number of nitrogens with one attached hydrogen (secondary N) is 1. The number of amides is 1. The number of carbonyl (C=O) groups is 2. The van der Waals surface area contributed by atoms with Crippen LogP contribution in [0, 0.1) is 0 Å². The van der Waals surface area contributed by atoms with Gasteiger partial charge >= 0.3 is 20.2 Å². The maximum atomic E-state index is 11.3. The van der Waals surface area contributed by atoms with Crippen LogP contribution in [-0.2, 0) is 9.31 Å². The van der Waals surface area contributed by atoms with E-state index in [0.29, 0.717) is 17.6 Å². The van der Waals surface area contributed by atoms with Crippen molar-refractivity contribution in [2.75, 3.05) is 19.8 Å². The summed E-state index contributed by atoms with van der Waals surface area (Å²) < 4.78 is 11.8. The van der Waals surface area contributed by atoms with E-state index in [9.17, 15) is 9.59 Å². The summed E-state index contributed by atoms with van der Waals surface area (Å²) >= 11 is 0. The van der Waals surface area contributed by atoms with Crippen molar-refractivity contribution in [1.29, 1.82) is 0 Å². The molecule has 0 saturated carbocycles. The first-order valence-corrected chi connectivity index (χ1v) is 11.9. The van der Waals surface area contributed by atoms with Crippen molar-refractivity contribution in [3.05, 3.63) is 59.7 Å².